The minimum Gasteiger partial charge on any atom is -0.348 e. The van der Waals surface area contributed by atoms with Crippen molar-refractivity contribution < 1.29 is 14.4 Å². The van der Waals surface area contributed by atoms with Gasteiger partial charge in [0.05, 0.1) is 6.04 Å². The number of imide groups is 1. The van der Waals surface area contributed by atoms with Crippen LogP contribution in [-0.4, -0.2) is 34.8 Å². The highest BCUT2D eigenvalue weighted by atomic mass is 32.1. The highest BCUT2D eigenvalue weighted by Crippen LogP contribution is 2.35. The van der Waals surface area contributed by atoms with E-state index in [2.05, 4.69) is 24.5 Å². The second-order valence-corrected chi connectivity index (χ2v) is 8.56. The first-order valence-corrected chi connectivity index (χ1v) is 10.3. The summed E-state index contributed by atoms with van der Waals surface area (Å²) in [7, 11) is 0. The predicted octanol–water partition coefficient (Wildman–Crippen LogP) is 3.21. The van der Waals surface area contributed by atoms with E-state index in [1.807, 2.05) is 17.5 Å². The first-order valence-electron chi connectivity index (χ1n) is 9.40. The van der Waals surface area contributed by atoms with E-state index in [0.717, 1.165) is 30.6 Å². The maximum atomic E-state index is 12.6. The van der Waals surface area contributed by atoms with Crippen molar-refractivity contribution in [2.45, 2.75) is 64.0 Å². The van der Waals surface area contributed by atoms with Gasteiger partial charge in [0.15, 0.2) is 0 Å². The van der Waals surface area contributed by atoms with Crippen molar-refractivity contribution in [1.29, 1.82) is 0 Å². The van der Waals surface area contributed by atoms with Gasteiger partial charge in [-0.2, -0.15) is 0 Å². The molecule has 1 spiro atoms. The maximum Gasteiger partial charge on any atom is 0.325 e. The van der Waals surface area contributed by atoms with Gasteiger partial charge in [0.25, 0.3) is 5.91 Å². The molecular formula is C19H27N3O3S. The van der Waals surface area contributed by atoms with Crippen LogP contribution in [0.4, 0.5) is 4.79 Å². The van der Waals surface area contributed by atoms with Crippen molar-refractivity contribution in [1.82, 2.24) is 15.5 Å². The van der Waals surface area contributed by atoms with Gasteiger partial charge in [-0.1, -0.05) is 32.8 Å². The van der Waals surface area contributed by atoms with E-state index in [-0.39, 0.29) is 23.9 Å². The van der Waals surface area contributed by atoms with Crippen molar-refractivity contribution in [3.63, 3.8) is 0 Å². The van der Waals surface area contributed by atoms with Gasteiger partial charge in [0.2, 0.25) is 5.91 Å². The quantitative estimate of drug-likeness (QED) is 0.716. The van der Waals surface area contributed by atoms with Gasteiger partial charge in [0, 0.05) is 17.8 Å². The number of amides is 4. The normalized spacial score (nSPS) is 20.0. The van der Waals surface area contributed by atoms with Crippen LogP contribution in [0.5, 0.6) is 0 Å². The van der Waals surface area contributed by atoms with E-state index in [9.17, 15) is 14.4 Å². The minimum absolute atomic E-state index is 0.000903. The smallest absolute Gasteiger partial charge is 0.325 e. The second-order valence-electron chi connectivity index (χ2n) is 7.58. The molecule has 3 rings (SSSR count). The lowest BCUT2D eigenvalue weighted by Gasteiger charge is -2.22. The monoisotopic (exact) mass is 377 g/mol. The lowest BCUT2D eigenvalue weighted by atomic mass is 9.98. The molecule has 1 saturated carbocycles. The average Bonchev–Trinajstić information content (AvgIpc) is 3.31. The molecule has 1 atom stereocenters. The van der Waals surface area contributed by atoms with Gasteiger partial charge >= 0.3 is 6.03 Å². The molecule has 2 N–H and O–H groups in total. The van der Waals surface area contributed by atoms with Crippen molar-refractivity contribution >= 4 is 29.2 Å². The van der Waals surface area contributed by atoms with Gasteiger partial charge in [0.1, 0.15) is 5.54 Å². The van der Waals surface area contributed by atoms with E-state index >= 15 is 0 Å². The molecule has 0 bridgehead atoms. The minimum atomic E-state index is -0.665. The first kappa shape index (κ1) is 18.9. The van der Waals surface area contributed by atoms with Gasteiger partial charge in [-0.3, -0.25) is 14.5 Å². The topological polar surface area (TPSA) is 78.5 Å². The molecule has 4 amide bonds. The van der Waals surface area contributed by atoms with Crippen molar-refractivity contribution in [3.8, 4) is 0 Å². The fraction of sp³-hybridized carbons (Fsp3) is 0.632. The molecule has 0 aromatic carbocycles. The Labute approximate surface area is 158 Å². The van der Waals surface area contributed by atoms with Gasteiger partial charge in [-0.15, -0.1) is 11.3 Å². The van der Waals surface area contributed by atoms with E-state index < -0.39 is 5.54 Å². The van der Waals surface area contributed by atoms with Crippen LogP contribution < -0.4 is 10.6 Å². The summed E-state index contributed by atoms with van der Waals surface area (Å²) in [5.74, 6) is 0.143. The molecular weight excluding hydrogens is 350 g/mol. The van der Waals surface area contributed by atoms with Crippen LogP contribution in [0.25, 0.3) is 0 Å². The third-order valence-corrected chi connectivity index (χ3v) is 6.28. The second kappa shape index (κ2) is 7.78. The summed E-state index contributed by atoms with van der Waals surface area (Å²) >= 11 is 1.64. The molecule has 0 radical (unpaired) electrons. The third-order valence-electron chi connectivity index (χ3n) is 5.32. The Kier molecular flexibility index (Phi) is 5.65. The van der Waals surface area contributed by atoms with Crippen LogP contribution in [0.3, 0.4) is 0 Å². The van der Waals surface area contributed by atoms with Gasteiger partial charge in [-0.05, 0) is 36.6 Å². The molecule has 2 fully saturated rings. The molecule has 1 aliphatic heterocycles. The predicted molar refractivity (Wildman–Crippen MR) is 101 cm³/mol. The van der Waals surface area contributed by atoms with Crippen molar-refractivity contribution in [2.24, 2.45) is 5.92 Å². The standard InChI is InChI=1S/C19H27N3O3S/c1-13(2)16(14-7-6-12-26-14)20-15(23)8-5-11-22-17(24)19(21-18(22)25)9-3-4-10-19/h6-7,12-13,16H,3-5,8-11H2,1-2H3,(H,20,23)(H,21,25)/t16-/m1/s1. The number of hydrogen-bond acceptors (Lipinski definition) is 4. The summed E-state index contributed by atoms with van der Waals surface area (Å²) in [5.41, 5.74) is -0.665. The molecule has 0 unspecified atom stereocenters. The number of urea groups is 1. The molecule has 2 heterocycles. The van der Waals surface area contributed by atoms with E-state index in [1.165, 1.54) is 4.90 Å². The zero-order chi connectivity index (χ0) is 18.7. The molecule has 1 aliphatic carbocycles. The molecule has 1 saturated heterocycles. The lowest BCUT2D eigenvalue weighted by Crippen LogP contribution is -2.44. The number of hydrogen-bond donors (Lipinski definition) is 2. The zero-order valence-corrected chi connectivity index (χ0v) is 16.2. The molecule has 142 valence electrons. The summed E-state index contributed by atoms with van der Waals surface area (Å²) in [5, 5.41) is 7.96. The SMILES string of the molecule is CC(C)[C@@H](NC(=O)CCCN1C(=O)NC2(CCCC2)C1=O)c1cccs1. The van der Waals surface area contributed by atoms with Gasteiger partial charge in [-0.25, -0.2) is 4.79 Å². The van der Waals surface area contributed by atoms with Crippen LogP contribution in [-0.2, 0) is 9.59 Å². The number of thiophene rings is 1. The van der Waals surface area contributed by atoms with Crippen molar-refractivity contribution in [3.05, 3.63) is 22.4 Å². The number of rotatable bonds is 7. The summed E-state index contributed by atoms with van der Waals surface area (Å²) in [6, 6.07) is 3.71. The van der Waals surface area contributed by atoms with E-state index in [0.29, 0.717) is 25.3 Å². The zero-order valence-electron chi connectivity index (χ0n) is 15.4. The Balaban J connectivity index is 1.49. The number of carbonyl (C=O) groups excluding carboxylic acids is 3. The summed E-state index contributed by atoms with van der Waals surface area (Å²) in [6.07, 6.45) is 4.19. The third kappa shape index (κ3) is 3.77. The largest absolute Gasteiger partial charge is 0.348 e. The maximum absolute atomic E-state index is 12.6. The summed E-state index contributed by atoms with van der Waals surface area (Å²) < 4.78 is 0. The Bertz CT molecular complexity index is 666. The summed E-state index contributed by atoms with van der Waals surface area (Å²) in [6.45, 7) is 4.46. The molecule has 1 aromatic heterocycles. The fourth-order valence-corrected chi connectivity index (χ4v) is 4.82. The van der Waals surface area contributed by atoms with Crippen LogP contribution in [0.15, 0.2) is 17.5 Å². The molecule has 26 heavy (non-hydrogen) atoms. The first-order chi connectivity index (χ1) is 12.4. The Morgan fingerprint density at radius 2 is 2.08 bits per heavy atom. The number of carbonyl (C=O) groups is 3. The van der Waals surface area contributed by atoms with Crippen molar-refractivity contribution in [2.75, 3.05) is 6.54 Å². The Hall–Kier alpha value is -1.89. The van der Waals surface area contributed by atoms with E-state index in [4.69, 9.17) is 0 Å². The number of nitrogens with one attached hydrogen (secondary N) is 2. The molecule has 7 heteroatoms. The average molecular weight is 378 g/mol. The fourth-order valence-electron chi connectivity index (χ4n) is 3.87. The molecule has 1 aromatic rings. The highest BCUT2D eigenvalue weighted by molar-refractivity contribution is 7.10. The van der Waals surface area contributed by atoms with E-state index in [1.54, 1.807) is 11.3 Å². The Morgan fingerprint density at radius 1 is 1.35 bits per heavy atom. The summed E-state index contributed by atoms with van der Waals surface area (Å²) in [4.78, 5) is 39.5. The van der Waals surface area contributed by atoms with Crippen LogP contribution in [0.1, 0.15) is 63.3 Å². The molecule has 2 aliphatic rings. The van der Waals surface area contributed by atoms with Crippen LogP contribution >= 0.6 is 11.3 Å². The van der Waals surface area contributed by atoms with Gasteiger partial charge < -0.3 is 10.6 Å². The lowest BCUT2D eigenvalue weighted by molar-refractivity contribution is -0.131. The van der Waals surface area contributed by atoms with Crippen LogP contribution in [0.2, 0.25) is 0 Å². The molecule has 6 nitrogen and oxygen atoms in total. The number of nitrogens with zero attached hydrogens (tertiary/aromatic N) is 1. The van der Waals surface area contributed by atoms with Crippen LogP contribution in [0, 0.1) is 5.92 Å². The highest BCUT2D eigenvalue weighted by Gasteiger charge is 2.52. The Morgan fingerprint density at radius 3 is 2.69 bits per heavy atom.